The zero-order chi connectivity index (χ0) is 32.8. The van der Waals surface area contributed by atoms with E-state index in [1.165, 1.54) is 75.9 Å². The standard InChI is InChI=1S/C17H22FN3O2.C9H17N.C8H9FN2O.ClH/c1-10-8-13(16(19)22)15(14(18)9-10)20-17(23)11-4-6-21(7-5-11)12-2-3-12;1-8-4-6-10(7-5-8)9-2-3-9;1-4-2-5(8(11)12)7(10)6(9)3-4;/h8-9,11-12H,2-7H2,1H3,(H2,19,22)(H,20,23);8-9H,2-7H2,1H3;2-3H,10H2,1H3,(H2,11,12);1H. The summed E-state index contributed by atoms with van der Waals surface area (Å²) in [6.07, 6.45) is 9.89. The van der Waals surface area contributed by atoms with Gasteiger partial charge in [-0.2, -0.15) is 0 Å². The SMILES string of the molecule is CC1CCN(C2CC2)CC1.Cc1cc(F)c(N)c(C(N)=O)c1.Cc1cc(F)c(NC(=O)C2CCN(C3CC3)CC2)c(C(N)=O)c1.Cl. The number of carbonyl (C=O) groups excluding carboxylic acids is 3. The summed E-state index contributed by atoms with van der Waals surface area (Å²) in [5.74, 6) is -2.07. The number of nitrogens with zero attached hydrogens (tertiary/aromatic N) is 2. The molecule has 2 aromatic rings. The molecule has 4 fully saturated rings. The highest BCUT2D eigenvalue weighted by Crippen LogP contribution is 2.32. The van der Waals surface area contributed by atoms with Crippen molar-refractivity contribution < 1.29 is 23.2 Å². The van der Waals surface area contributed by atoms with Crippen molar-refractivity contribution >= 4 is 41.5 Å². The van der Waals surface area contributed by atoms with Crippen molar-refractivity contribution in [2.45, 2.75) is 84.2 Å². The van der Waals surface area contributed by atoms with E-state index in [9.17, 15) is 23.2 Å². The molecule has 6 rings (SSSR count). The van der Waals surface area contributed by atoms with Crippen molar-refractivity contribution in [3.8, 4) is 0 Å². The Morgan fingerprint density at radius 1 is 0.717 bits per heavy atom. The zero-order valence-corrected chi connectivity index (χ0v) is 27.9. The molecule has 7 N–H and O–H groups in total. The van der Waals surface area contributed by atoms with E-state index < -0.39 is 23.4 Å². The molecule has 2 aromatic carbocycles. The van der Waals surface area contributed by atoms with Crippen LogP contribution >= 0.6 is 12.4 Å². The van der Waals surface area contributed by atoms with Gasteiger partial charge in [0.25, 0.3) is 11.8 Å². The van der Waals surface area contributed by atoms with Crippen molar-refractivity contribution in [2.75, 3.05) is 37.2 Å². The lowest BCUT2D eigenvalue weighted by molar-refractivity contribution is -0.121. The molecule has 2 saturated heterocycles. The predicted molar refractivity (Wildman–Crippen MR) is 180 cm³/mol. The maximum Gasteiger partial charge on any atom is 0.250 e. The molecule has 0 aromatic heterocycles. The van der Waals surface area contributed by atoms with Crippen LogP contribution in [0.3, 0.4) is 0 Å². The van der Waals surface area contributed by atoms with Gasteiger partial charge in [0, 0.05) is 18.0 Å². The van der Waals surface area contributed by atoms with Crippen LogP contribution in [-0.2, 0) is 4.79 Å². The fourth-order valence-electron chi connectivity index (χ4n) is 6.05. The van der Waals surface area contributed by atoms with Gasteiger partial charge in [-0.1, -0.05) is 6.92 Å². The lowest BCUT2D eigenvalue weighted by atomic mass is 9.95. The van der Waals surface area contributed by atoms with Crippen LogP contribution in [-0.4, -0.2) is 65.8 Å². The second kappa shape index (κ2) is 16.5. The largest absolute Gasteiger partial charge is 0.396 e. The smallest absolute Gasteiger partial charge is 0.250 e. The predicted octanol–water partition coefficient (Wildman–Crippen LogP) is 5.16. The van der Waals surface area contributed by atoms with Gasteiger partial charge >= 0.3 is 0 Å². The van der Waals surface area contributed by atoms with Crippen molar-refractivity contribution in [1.29, 1.82) is 0 Å². The van der Waals surface area contributed by atoms with E-state index in [0.29, 0.717) is 17.2 Å². The average molecular weight is 663 g/mol. The number of piperidine rings is 2. The van der Waals surface area contributed by atoms with Crippen LogP contribution in [0.5, 0.6) is 0 Å². The molecular weight excluding hydrogens is 614 g/mol. The number of benzene rings is 2. The number of nitrogens with two attached hydrogens (primary N) is 3. The van der Waals surface area contributed by atoms with Gasteiger partial charge in [0.05, 0.1) is 22.5 Å². The molecule has 0 radical (unpaired) electrons. The zero-order valence-electron chi connectivity index (χ0n) is 27.1. The summed E-state index contributed by atoms with van der Waals surface area (Å²) >= 11 is 0. The third-order valence-electron chi connectivity index (χ3n) is 9.13. The van der Waals surface area contributed by atoms with Crippen molar-refractivity contribution in [1.82, 2.24) is 9.80 Å². The molecule has 0 atom stereocenters. The van der Waals surface area contributed by atoms with Gasteiger partial charge in [0.1, 0.15) is 11.6 Å². The fraction of sp³-hybridized carbons (Fsp3) is 0.559. The maximum atomic E-state index is 14.1. The number of hydrogen-bond acceptors (Lipinski definition) is 6. The number of amides is 3. The quantitative estimate of drug-likeness (QED) is 0.314. The van der Waals surface area contributed by atoms with Crippen LogP contribution in [0.4, 0.5) is 20.2 Å². The summed E-state index contributed by atoms with van der Waals surface area (Å²) < 4.78 is 27.0. The number of nitrogens with one attached hydrogen (secondary N) is 1. The van der Waals surface area contributed by atoms with E-state index in [1.54, 1.807) is 13.8 Å². The van der Waals surface area contributed by atoms with E-state index in [-0.39, 0.29) is 46.7 Å². The minimum absolute atomic E-state index is 0. The highest BCUT2D eigenvalue weighted by molar-refractivity contribution is 6.04. The summed E-state index contributed by atoms with van der Waals surface area (Å²) in [7, 11) is 0. The molecule has 0 bridgehead atoms. The van der Waals surface area contributed by atoms with Gasteiger partial charge < -0.3 is 32.3 Å². The van der Waals surface area contributed by atoms with Crippen LogP contribution in [0.1, 0.15) is 90.1 Å². The number of halogens is 3. The minimum Gasteiger partial charge on any atom is -0.396 e. The van der Waals surface area contributed by atoms with Gasteiger partial charge in [0.2, 0.25) is 5.91 Å². The third kappa shape index (κ3) is 10.4. The monoisotopic (exact) mass is 662 g/mol. The van der Waals surface area contributed by atoms with E-state index in [0.717, 1.165) is 37.9 Å². The van der Waals surface area contributed by atoms with Crippen LogP contribution in [0.2, 0.25) is 0 Å². The molecule has 4 aliphatic rings. The summed E-state index contributed by atoms with van der Waals surface area (Å²) in [4.78, 5) is 39.7. The Kier molecular flexibility index (Phi) is 13.3. The van der Waals surface area contributed by atoms with E-state index in [2.05, 4.69) is 22.0 Å². The van der Waals surface area contributed by atoms with Crippen molar-refractivity contribution in [3.63, 3.8) is 0 Å². The first kappa shape index (κ1) is 37.2. The molecule has 2 aliphatic carbocycles. The minimum atomic E-state index is -0.744. The Morgan fingerprint density at radius 3 is 1.61 bits per heavy atom. The second-order valence-corrected chi connectivity index (χ2v) is 13.1. The van der Waals surface area contributed by atoms with Gasteiger partial charge in [-0.05, 0) is 133 Å². The molecule has 3 amide bonds. The molecule has 254 valence electrons. The summed E-state index contributed by atoms with van der Waals surface area (Å²) in [5.41, 5.74) is 16.5. The van der Waals surface area contributed by atoms with Crippen molar-refractivity contribution in [3.05, 3.63) is 58.2 Å². The van der Waals surface area contributed by atoms with Gasteiger partial charge in [-0.3, -0.25) is 14.4 Å². The summed E-state index contributed by atoms with van der Waals surface area (Å²) in [6, 6.07) is 7.21. The number of primary amides is 2. The van der Waals surface area contributed by atoms with Crippen LogP contribution in [0.15, 0.2) is 24.3 Å². The molecule has 46 heavy (non-hydrogen) atoms. The molecule has 9 nitrogen and oxygen atoms in total. The first-order valence-electron chi connectivity index (χ1n) is 16.1. The molecule has 2 saturated carbocycles. The van der Waals surface area contributed by atoms with E-state index in [1.807, 2.05) is 0 Å². The van der Waals surface area contributed by atoms with Crippen LogP contribution in [0, 0.1) is 37.3 Å². The van der Waals surface area contributed by atoms with Gasteiger partial charge in [-0.25, -0.2) is 8.78 Å². The summed E-state index contributed by atoms with van der Waals surface area (Å²) in [6.45, 7) is 10.3. The van der Waals surface area contributed by atoms with Crippen LogP contribution < -0.4 is 22.5 Å². The number of carbonyl (C=O) groups is 3. The van der Waals surface area contributed by atoms with E-state index >= 15 is 0 Å². The molecular formula is C34H49ClF2N6O3. The van der Waals surface area contributed by atoms with E-state index in [4.69, 9.17) is 17.2 Å². The fourth-order valence-corrected chi connectivity index (χ4v) is 6.05. The normalized spacial score (nSPS) is 19.1. The molecule has 2 aliphatic heterocycles. The van der Waals surface area contributed by atoms with Crippen molar-refractivity contribution in [2.24, 2.45) is 23.3 Å². The molecule has 0 unspecified atom stereocenters. The number of likely N-dealkylation sites (tertiary alicyclic amines) is 2. The summed E-state index contributed by atoms with van der Waals surface area (Å²) in [5, 5.41) is 2.58. The molecule has 12 heteroatoms. The Bertz CT molecular complexity index is 1390. The highest BCUT2D eigenvalue weighted by atomic mass is 35.5. The van der Waals surface area contributed by atoms with Crippen LogP contribution in [0.25, 0.3) is 0 Å². The average Bonchev–Trinajstić information content (AvgIpc) is 3.91. The topological polar surface area (TPSA) is 148 Å². The lowest BCUT2D eigenvalue weighted by Gasteiger charge is -2.31. The lowest BCUT2D eigenvalue weighted by Crippen LogP contribution is -2.39. The van der Waals surface area contributed by atoms with Gasteiger partial charge in [0.15, 0.2) is 0 Å². The number of hydrogen-bond donors (Lipinski definition) is 4. The molecule has 0 spiro atoms. The molecule has 2 heterocycles. The Morgan fingerprint density at radius 2 is 1.15 bits per heavy atom. The first-order valence-corrected chi connectivity index (χ1v) is 16.1. The number of anilines is 2. The van der Waals surface area contributed by atoms with Gasteiger partial charge in [-0.15, -0.1) is 12.4 Å². The second-order valence-electron chi connectivity index (χ2n) is 13.1. The Hall–Kier alpha value is -3.28. The third-order valence-corrected chi connectivity index (χ3v) is 9.13. The Balaban J connectivity index is 0.000000209. The first-order chi connectivity index (χ1) is 21.3. The maximum absolute atomic E-state index is 14.1. The number of rotatable bonds is 6. The number of nitrogen functional groups attached to an aromatic ring is 1. The number of aryl methyl sites for hydroxylation is 2. The Labute approximate surface area is 277 Å². The highest BCUT2D eigenvalue weighted by Gasteiger charge is 2.34.